The Bertz CT molecular complexity index is 753. The van der Waals surface area contributed by atoms with Crippen molar-refractivity contribution in [2.75, 3.05) is 32.5 Å². The van der Waals surface area contributed by atoms with E-state index >= 15 is 0 Å². The molecule has 0 saturated carbocycles. The van der Waals surface area contributed by atoms with Crippen LogP contribution in [-0.4, -0.2) is 43.9 Å². The van der Waals surface area contributed by atoms with Gasteiger partial charge in [0, 0.05) is 23.2 Å². The zero-order valence-corrected chi connectivity index (χ0v) is 12.8. The first kappa shape index (κ1) is 14.5. The van der Waals surface area contributed by atoms with Crippen LogP contribution < -0.4 is 10.6 Å². The Morgan fingerprint density at radius 1 is 1.09 bits per heavy atom. The molecule has 5 nitrogen and oxygen atoms in total. The number of hydrogen-bond acceptors (Lipinski definition) is 4. The smallest absolute Gasteiger partial charge is 0.258 e. The average Bonchev–Trinajstić information content (AvgIpc) is 2.48. The molecule has 1 aliphatic rings. The van der Waals surface area contributed by atoms with E-state index in [2.05, 4.69) is 15.5 Å². The molecule has 0 aromatic heterocycles. The number of nitrogens with zero attached hydrogens (tertiary/aromatic N) is 1. The van der Waals surface area contributed by atoms with Crippen molar-refractivity contribution >= 4 is 28.3 Å². The minimum Gasteiger partial charge on any atom is -0.385 e. The van der Waals surface area contributed by atoms with E-state index in [9.17, 15) is 9.59 Å². The van der Waals surface area contributed by atoms with Crippen LogP contribution in [0.25, 0.3) is 10.8 Å². The summed E-state index contributed by atoms with van der Waals surface area (Å²) in [6, 6.07) is 9.33. The second-order valence-corrected chi connectivity index (χ2v) is 5.79. The SMILES string of the molecule is CN(C)CCCNc1cc2c3c(cccc3c1)C(=O)NC2=O. The van der Waals surface area contributed by atoms with Crippen molar-refractivity contribution in [2.45, 2.75) is 6.42 Å². The van der Waals surface area contributed by atoms with Crippen molar-refractivity contribution in [2.24, 2.45) is 0 Å². The molecule has 0 fully saturated rings. The first-order chi connectivity index (χ1) is 10.6. The van der Waals surface area contributed by atoms with Gasteiger partial charge in [0.15, 0.2) is 0 Å². The maximum absolute atomic E-state index is 12.1. The van der Waals surface area contributed by atoms with E-state index in [1.807, 2.05) is 38.4 Å². The molecule has 3 rings (SSSR count). The molecule has 22 heavy (non-hydrogen) atoms. The molecular weight excluding hydrogens is 278 g/mol. The van der Waals surface area contributed by atoms with E-state index in [0.717, 1.165) is 36.0 Å². The molecule has 2 amide bonds. The van der Waals surface area contributed by atoms with Crippen molar-refractivity contribution in [3.05, 3.63) is 41.5 Å². The number of rotatable bonds is 5. The number of anilines is 1. The van der Waals surface area contributed by atoms with Gasteiger partial charge in [-0.2, -0.15) is 0 Å². The van der Waals surface area contributed by atoms with Gasteiger partial charge in [-0.15, -0.1) is 0 Å². The van der Waals surface area contributed by atoms with Gasteiger partial charge in [0.2, 0.25) is 0 Å². The Kier molecular flexibility index (Phi) is 3.81. The quantitative estimate of drug-likeness (QED) is 0.655. The summed E-state index contributed by atoms with van der Waals surface area (Å²) in [5, 5.41) is 7.40. The largest absolute Gasteiger partial charge is 0.385 e. The zero-order valence-electron chi connectivity index (χ0n) is 12.8. The fourth-order valence-electron chi connectivity index (χ4n) is 2.76. The van der Waals surface area contributed by atoms with E-state index in [1.54, 1.807) is 6.07 Å². The molecule has 0 spiro atoms. The van der Waals surface area contributed by atoms with Crippen LogP contribution in [-0.2, 0) is 0 Å². The zero-order chi connectivity index (χ0) is 15.7. The predicted molar refractivity (Wildman–Crippen MR) is 87.4 cm³/mol. The molecule has 2 aromatic carbocycles. The van der Waals surface area contributed by atoms with Crippen molar-refractivity contribution < 1.29 is 9.59 Å². The third-order valence-corrected chi connectivity index (χ3v) is 3.80. The maximum Gasteiger partial charge on any atom is 0.258 e. The summed E-state index contributed by atoms with van der Waals surface area (Å²) in [6.45, 7) is 1.84. The molecule has 2 aromatic rings. The molecule has 0 saturated heterocycles. The normalized spacial score (nSPS) is 13.6. The lowest BCUT2D eigenvalue weighted by molar-refractivity contribution is 0.0845. The fraction of sp³-hybridized carbons (Fsp3) is 0.294. The molecule has 114 valence electrons. The van der Waals surface area contributed by atoms with Gasteiger partial charge in [-0.05, 0) is 50.6 Å². The highest BCUT2D eigenvalue weighted by Crippen LogP contribution is 2.29. The summed E-state index contributed by atoms with van der Waals surface area (Å²) >= 11 is 0. The second-order valence-electron chi connectivity index (χ2n) is 5.79. The average molecular weight is 297 g/mol. The van der Waals surface area contributed by atoms with Gasteiger partial charge in [0.1, 0.15) is 0 Å². The van der Waals surface area contributed by atoms with E-state index in [0.29, 0.717) is 11.1 Å². The third kappa shape index (κ3) is 2.67. The van der Waals surface area contributed by atoms with Crippen molar-refractivity contribution in [1.82, 2.24) is 10.2 Å². The number of amides is 2. The monoisotopic (exact) mass is 297 g/mol. The summed E-state index contributed by atoms with van der Waals surface area (Å²) in [4.78, 5) is 26.1. The molecule has 0 aliphatic carbocycles. The van der Waals surface area contributed by atoms with E-state index < -0.39 is 0 Å². The molecule has 5 heteroatoms. The van der Waals surface area contributed by atoms with Crippen LogP contribution in [0.5, 0.6) is 0 Å². The van der Waals surface area contributed by atoms with Crippen LogP contribution in [0.2, 0.25) is 0 Å². The highest BCUT2D eigenvalue weighted by atomic mass is 16.2. The lowest BCUT2D eigenvalue weighted by Gasteiger charge is -2.18. The van der Waals surface area contributed by atoms with Crippen LogP contribution in [0.4, 0.5) is 5.69 Å². The van der Waals surface area contributed by atoms with Gasteiger partial charge in [0.05, 0.1) is 5.56 Å². The Hall–Kier alpha value is -2.40. The summed E-state index contributed by atoms with van der Waals surface area (Å²) in [6.07, 6.45) is 1.02. The van der Waals surface area contributed by atoms with Crippen molar-refractivity contribution in [1.29, 1.82) is 0 Å². The Morgan fingerprint density at radius 2 is 1.86 bits per heavy atom. The summed E-state index contributed by atoms with van der Waals surface area (Å²) in [5.41, 5.74) is 2.02. The molecule has 1 aliphatic heterocycles. The second kappa shape index (κ2) is 5.77. The van der Waals surface area contributed by atoms with Gasteiger partial charge < -0.3 is 10.2 Å². The fourth-order valence-corrected chi connectivity index (χ4v) is 2.76. The number of hydrogen-bond donors (Lipinski definition) is 2. The van der Waals surface area contributed by atoms with E-state index in [4.69, 9.17) is 0 Å². The number of carbonyl (C=O) groups excluding carboxylic acids is 2. The van der Waals surface area contributed by atoms with Crippen molar-refractivity contribution in [3.8, 4) is 0 Å². The summed E-state index contributed by atoms with van der Waals surface area (Å²) < 4.78 is 0. The van der Waals surface area contributed by atoms with Crippen LogP contribution in [0.1, 0.15) is 27.1 Å². The molecule has 0 radical (unpaired) electrons. The van der Waals surface area contributed by atoms with Crippen LogP contribution in [0.3, 0.4) is 0 Å². The Balaban J connectivity index is 1.92. The molecule has 1 heterocycles. The molecule has 2 N–H and O–H groups in total. The third-order valence-electron chi connectivity index (χ3n) is 3.80. The number of benzene rings is 2. The molecule has 0 bridgehead atoms. The highest BCUT2D eigenvalue weighted by molar-refractivity contribution is 6.26. The number of nitrogens with one attached hydrogen (secondary N) is 2. The topological polar surface area (TPSA) is 61.4 Å². The van der Waals surface area contributed by atoms with Crippen LogP contribution >= 0.6 is 0 Å². The first-order valence-electron chi connectivity index (χ1n) is 7.37. The van der Waals surface area contributed by atoms with Gasteiger partial charge in [0.25, 0.3) is 11.8 Å². The first-order valence-corrected chi connectivity index (χ1v) is 7.37. The number of imide groups is 1. The predicted octanol–water partition coefficient (Wildman–Crippen LogP) is 2.09. The molecular formula is C17H19N3O2. The van der Waals surface area contributed by atoms with Gasteiger partial charge >= 0.3 is 0 Å². The van der Waals surface area contributed by atoms with E-state index in [-0.39, 0.29) is 11.8 Å². The molecule has 0 unspecified atom stereocenters. The summed E-state index contributed by atoms with van der Waals surface area (Å²) in [5.74, 6) is -0.652. The van der Waals surface area contributed by atoms with Gasteiger partial charge in [-0.1, -0.05) is 12.1 Å². The maximum atomic E-state index is 12.1. The highest BCUT2D eigenvalue weighted by Gasteiger charge is 2.25. The standard InChI is InChI=1S/C17H19N3O2/c1-20(2)8-4-7-18-12-9-11-5-3-6-13-15(11)14(10-12)17(22)19-16(13)21/h3,5-6,9-10,18H,4,7-8H2,1-2H3,(H,19,21,22). The Labute approximate surface area is 129 Å². The van der Waals surface area contributed by atoms with Crippen LogP contribution in [0.15, 0.2) is 30.3 Å². The summed E-state index contributed by atoms with van der Waals surface area (Å²) in [7, 11) is 4.09. The van der Waals surface area contributed by atoms with Crippen molar-refractivity contribution in [3.63, 3.8) is 0 Å². The minimum atomic E-state index is -0.328. The van der Waals surface area contributed by atoms with Crippen LogP contribution in [0, 0.1) is 0 Å². The molecule has 0 atom stereocenters. The lowest BCUT2D eigenvalue weighted by Crippen LogP contribution is -2.34. The van der Waals surface area contributed by atoms with Gasteiger partial charge in [-0.3, -0.25) is 14.9 Å². The van der Waals surface area contributed by atoms with E-state index in [1.165, 1.54) is 0 Å². The van der Waals surface area contributed by atoms with Gasteiger partial charge in [-0.25, -0.2) is 0 Å². The Morgan fingerprint density at radius 3 is 2.64 bits per heavy atom. The lowest BCUT2D eigenvalue weighted by atomic mass is 9.94. The minimum absolute atomic E-state index is 0.324. The number of carbonyl (C=O) groups is 2.